The number of pyridine rings is 2. The first-order valence-corrected chi connectivity index (χ1v) is 11.9. The van der Waals surface area contributed by atoms with Crippen LogP contribution in [-0.2, 0) is 0 Å². The summed E-state index contributed by atoms with van der Waals surface area (Å²) in [6.07, 6.45) is 8.21. The number of aromatic nitrogens is 5. The minimum atomic E-state index is -0.573. The summed E-state index contributed by atoms with van der Waals surface area (Å²) in [5.74, 6) is -0.136. The van der Waals surface area contributed by atoms with Gasteiger partial charge in [0.25, 0.3) is 11.5 Å². The van der Waals surface area contributed by atoms with Gasteiger partial charge in [0.05, 0.1) is 5.39 Å². The third-order valence-corrected chi connectivity index (χ3v) is 6.03. The van der Waals surface area contributed by atoms with E-state index in [9.17, 15) is 14.0 Å². The average Bonchev–Trinajstić information content (AvgIpc) is 3.41. The van der Waals surface area contributed by atoms with Gasteiger partial charge in [-0.25, -0.2) is 14.4 Å². The lowest BCUT2D eigenvalue weighted by Gasteiger charge is -2.10. The van der Waals surface area contributed by atoms with Crippen molar-refractivity contribution in [2.75, 3.05) is 5.32 Å². The van der Waals surface area contributed by atoms with Crippen LogP contribution < -0.4 is 15.6 Å². The number of aromatic amines is 1. The number of amides is 1. The van der Waals surface area contributed by atoms with E-state index in [1.807, 2.05) is 18.3 Å². The summed E-state index contributed by atoms with van der Waals surface area (Å²) in [6.45, 7) is 0. The summed E-state index contributed by atoms with van der Waals surface area (Å²) in [5, 5.41) is 3.44. The summed E-state index contributed by atoms with van der Waals surface area (Å²) in [5.41, 5.74) is 2.70. The Kier molecular flexibility index (Phi) is 6.10. The second-order valence-electron chi connectivity index (χ2n) is 8.50. The molecule has 4 aromatic heterocycles. The molecule has 0 atom stereocenters. The normalized spacial score (nSPS) is 10.9. The van der Waals surface area contributed by atoms with Crippen molar-refractivity contribution in [3.8, 4) is 28.4 Å². The third-order valence-electron chi connectivity index (χ3n) is 6.03. The second-order valence-corrected chi connectivity index (χ2v) is 8.50. The molecule has 0 unspecified atom stereocenters. The highest BCUT2D eigenvalue weighted by molar-refractivity contribution is 6.04. The van der Waals surface area contributed by atoms with Gasteiger partial charge in [-0.3, -0.25) is 19.1 Å². The highest BCUT2D eigenvalue weighted by Gasteiger charge is 2.16. The van der Waals surface area contributed by atoms with E-state index in [0.29, 0.717) is 34.0 Å². The molecule has 4 heterocycles. The summed E-state index contributed by atoms with van der Waals surface area (Å²) < 4.78 is 20.6. The number of ether oxygens (including phenoxy) is 1. The maximum Gasteiger partial charge on any atom is 0.267 e. The van der Waals surface area contributed by atoms with Crippen molar-refractivity contribution in [2.45, 2.75) is 0 Å². The molecule has 1 amide bonds. The van der Waals surface area contributed by atoms with Gasteiger partial charge in [-0.2, -0.15) is 0 Å². The molecule has 0 aliphatic rings. The molecule has 0 aliphatic carbocycles. The fourth-order valence-electron chi connectivity index (χ4n) is 4.15. The maximum absolute atomic E-state index is 13.3. The molecule has 0 spiro atoms. The van der Waals surface area contributed by atoms with Gasteiger partial charge in [-0.1, -0.05) is 6.07 Å². The molecule has 10 heteroatoms. The Morgan fingerprint density at radius 2 is 1.79 bits per heavy atom. The van der Waals surface area contributed by atoms with Crippen LogP contribution in [0.15, 0.2) is 109 Å². The van der Waals surface area contributed by atoms with Crippen molar-refractivity contribution in [3.63, 3.8) is 0 Å². The number of H-pyrrole nitrogens is 1. The molecule has 39 heavy (non-hydrogen) atoms. The van der Waals surface area contributed by atoms with Crippen LogP contribution in [0.4, 0.5) is 10.1 Å². The Hall–Kier alpha value is -5.64. The van der Waals surface area contributed by atoms with Gasteiger partial charge in [0.2, 0.25) is 5.88 Å². The first-order valence-electron chi connectivity index (χ1n) is 11.9. The highest BCUT2D eigenvalue weighted by atomic mass is 19.1. The van der Waals surface area contributed by atoms with Crippen molar-refractivity contribution < 1.29 is 13.9 Å². The van der Waals surface area contributed by atoms with Crippen molar-refractivity contribution in [1.82, 2.24) is 24.5 Å². The molecule has 6 rings (SSSR count). The minimum Gasteiger partial charge on any atom is -0.438 e. The Labute approximate surface area is 220 Å². The quantitative estimate of drug-likeness (QED) is 0.307. The molecule has 0 fully saturated rings. The molecular weight excluding hydrogens is 499 g/mol. The van der Waals surface area contributed by atoms with Crippen molar-refractivity contribution in [2.24, 2.45) is 0 Å². The van der Waals surface area contributed by atoms with E-state index >= 15 is 0 Å². The van der Waals surface area contributed by atoms with Gasteiger partial charge in [0.1, 0.15) is 29.1 Å². The zero-order valence-electron chi connectivity index (χ0n) is 20.2. The van der Waals surface area contributed by atoms with E-state index in [-0.39, 0.29) is 5.56 Å². The van der Waals surface area contributed by atoms with E-state index in [2.05, 4.69) is 25.3 Å². The molecule has 0 bridgehead atoms. The SMILES string of the molecule is O=C(Nc1ccc(Oc2ncnc3[nH]cc(-c4cccnc4)c23)cc1)c1cccn(-c2ccc(F)cc2)c1=O. The molecule has 0 radical (unpaired) electrons. The van der Waals surface area contributed by atoms with Gasteiger partial charge >= 0.3 is 0 Å². The minimum absolute atomic E-state index is 0.0547. The molecule has 0 aliphatic heterocycles. The van der Waals surface area contributed by atoms with Gasteiger partial charge in [-0.15, -0.1) is 0 Å². The highest BCUT2D eigenvalue weighted by Crippen LogP contribution is 2.35. The van der Waals surface area contributed by atoms with Crippen LogP contribution in [0.5, 0.6) is 11.6 Å². The summed E-state index contributed by atoms with van der Waals surface area (Å²) in [4.78, 5) is 41.7. The molecule has 0 saturated carbocycles. The molecule has 2 N–H and O–H groups in total. The number of nitrogens with one attached hydrogen (secondary N) is 2. The lowest BCUT2D eigenvalue weighted by molar-refractivity contribution is 0.102. The Morgan fingerprint density at radius 3 is 2.56 bits per heavy atom. The van der Waals surface area contributed by atoms with Crippen LogP contribution in [-0.4, -0.2) is 30.4 Å². The zero-order chi connectivity index (χ0) is 26.8. The van der Waals surface area contributed by atoms with Gasteiger partial charge < -0.3 is 15.0 Å². The summed E-state index contributed by atoms with van der Waals surface area (Å²) in [7, 11) is 0. The Balaban J connectivity index is 1.22. The number of fused-ring (bicyclic) bond motifs is 1. The first kappa shape index (κ1) is 23.7. The lowest BCUT2D eigenvalue weighted by atomic mass is 10.1. The van der Waals surface area contributed by atoms with Crippen LogP contribution in [0.25, 0.3) is 27.8 Å². The molecule has 2 aromatic carbocycles. The van der Waals surface area contributed by atoms with Crippen LogP contribution >= 0.6 is 0 Å². The number of halogens is 1. The van der Waals surface area contributed by atoms with E-state index < -0.39 is 17.3 Å². The monoisotopic (exact) mass is 518 g/mol. The van der Waals surface area contributed by atoms with Crippen LogP contribution in [0.3, 0.4) is 0 Å². The van der Waals surface area contributed by atoms with Gasteiger partial charge in [0.15, 0.2) is 0 Å². The fourth-order valence-corrected chi connectivity index (χ4v) is 4.15. The van der Waals surface area contributed by atoms with E-state index in [1.165, 1.54) is 47.4 Å². The number of rotatable bonds is 6. The topological polar surface area (TPSA) is 115 Å². The van der Waals surface area contributed by atoms with Gasteiger partial charge in [0, 0.05) is 47.3 Å². The smallest absolute Gasteiger partial charge is 0.267 e. The molecule has 0 saturated heterocycles. The maximum atomic E-state index is 13.3. The standard InChI is InChI=1S/C29H19FN6O3/c30-19-5-9-21(10-6-19)36-14-2-4-23(29(36)38)27(37)35-20-7-11-22(12-8-20)39-28-25-24(18-3-1-13-31-15-18)16-32-26(25)33-17-34-28/h1-17H,(H,35,37)(H,32,33,34). The molecule has 190 valence electrons. The zero-order valence-corrected chi connectivity index (χ0v) is 20.2. The largest absolute Gasteiger partial charge is 0.438 e. The number of hydrogen-bond acceptors (Lipinski definition) is 6. The lowest BCUT2D eigenvalue weighted by Crippen LogP contribution is -2.27. The summed E-state index contributed by atoms with van der Waals surface area (Å²) in [6, 6.07) is 18.9. The van der Waals surface area contributed by atoms with E-state index in [0.717, 1.165) is 11.1 Å². The molecule has 9 nitrogen and oxygen atoms in total. The van der Waals surface area contributed by atoms with Gasteiger partial charge in [-0.05, 0) is 66.7 Å². The van der Waals surface area contributed by atoms with Crippen LogP contribution in [0.2, 0.25) is 0 Å². The number of benzene rings is 2. The fraction of sp³-hybridized carbons (Fsp3) is 0. The van der Waals surface area contributed by atoms with Crippen LogP contribution in [0, 0.1) is 5.82 Å². The number of carbonyl (C=O) groups excluding carboxylic acids is 1. The molecule has 6 aromatic rings. The predicted molar refractivity (Wildman–Crippen MR) is 144 cm³/mol. The van der Waals surface area contributed by atoms with Crippen molar-refractivity contribution in [3.05, 3.63) is 126 Å². The van der Waals surface area contributed by atoms with E-state index in [4.69, 9.17) is 4.74 Å². The summed E-state index contributed by atoms with van der Waals surface area (Å²) >= 11 is 0. The molecular formula is C29H19FN6O3. The van der Waals surface area contributed by atoms with E-state index in [1.54, 1.807) is 42.7 Å². The second kappa shape index (κ2) is 10.0. The Morgan fingerprint density at radius 1 is 0.974 bits per heavy atom. The number of nitrogens with zero attached hydrogens (tertiary/aromatic N) is 4. The number of carbonyl (C=O) groups is 1. The first-order chi connectivity index (χ1) is 19.1. The number of anilines is 1. The number of hydrogen-bond donors (Lipinski definition) is 2. The van der Waals surface area contributed by atoms with Crippen molar-refractivity contribution >= 4 is 22.6 Å². The third kappa shape index (κ3) is 4.74. The van der Waals surface area contributed by atoms with Crippen LogP contribution in [0.1, 0.15) is 10.4 Å². The van der Waals surface area contributed by atoms with Crippen molar-refractivity contribution in [1.29, 1.82) is 0 Å². The average molecular weight is 519 g/mol. The Bertz CT molecular complexity index is 1850. The predicted octanol–water partition coefficient (Wildman–Crippen LogP) is 5.35.